The van der Waals surface area contributed by atoms with Crippen molar-refractivity contribution in [1.82, 2.24) is 0 Å². The van der Waals surface area contributed by atoms with E-state index in [4.69, 9.17) is 4.74 Å². The third-order valence-electron chi connectivity index (χ3n) is 2.87. The molecule has 0 amide bonds. The van der Waals surface area contributed by atoms with E-state index in [0.717, 1.165) is 13.2 Å². The van der Waals surface area contributed by atoms with E-state index < -0.39 is 11.4 Å². The largest absolute Gasteiger partial charge is 0.591 e. The zero-order valence-electron chi connectivity index (χ0n) is 8.90. The van der Waals surface area contributed by atoms with Crippen molar-refractivity contribution in [3.05, 3.63) is 0 Å². The van der Waals surface area contributed by atoms with Crippen LogP contribution in [-0.4, -0.2) is 28.7 Å². The fourth-order valence-corrected chi connectivity index (χ4v) is 2.36. The first-order valence-corrected chi connectivity index (χ1v) is 6.15. The molecule has 2 unspecified atom stereocenters. The molecule has 0 radical (unpaired) electrons. The maximum absolute atomic E-state index is 11.6. The number of rotatable bonds is 2. The second-order valence-corrected chi connectivity index (χ2v) is 6.99. The van der Waals surface area contributed by atoms with E-state index in [2.05, 4.69) is 4.40 Å². The van der Waals surface area contributed by atoms with E-state index in [0.29, 0.717) is 17.8 Å². The zero-order chi connectivity index (χ0) is 10.3. The maximum atomic E-state index is 11.6. The molecule has 2 rings (SSSR count). The quantitative estimate of drug-likeness (QED) is 0.516. The topological polar surface area (TPSA) is 44.7 Å². The van der Waals surface area contributed by atoms with Crippen molar-refractivity contribution >= 4 is 17.6 Å². The molecule has 1 heterocycles. The predicted molar refractivity (Wildman–Crippen MR) is 57.7 cm³/mol. The van der Waals surface area contributed by atoms with Crippen molar-refractivity contribution in [2.45, 2.75) is 25.5 Å². The minimum Gasteiger partial charge on any atom is -0.591 e. The van der Waals surface area contributed by atoms with E-state index >= 15 is 0 Å². The molecule has 0 spiro atoms. The predicted octanol–water partition coefficient (Wildman–Crippen LogP) is 1.41. The molecule has 0 aromatic carbocycles. The van der Waals surface area contributed by atoms with Gasteiger partial charge in [0.25, 0.3) is 0 Å². The van der Waals surface area contributed by atoms with Crippen molar-refractivity contribution in [3.63, 3.8) is 0 Å². The fourth-order valence-electron chi connectivity index (χ4n) is 1.79. The van der Waals surface area contributed by atoms with Crippen LogP contribution in [0.4, 0.5) is 0 Å². The van der Waals surface area contributed by atoms with Gasteiger partial charge in [-0.3, -0.25) is 0 Å². The second kappa shape index (κ2) is 3.51. The van der Waals surface area contributed by atoms with Crippen LogP contribution in [0.25, 0.3) is 0 Å². The summed E-state index contributed by atoms with van der Waals surface area (Å²) in [7, 11) is 0. The van der Waals surface area contributed by atoms with Gasteiger partial charge in [-0.25, -0.2) is 0 Å². The Morgan fingerprint density at radius 1 is 1.36 bits per heavy atom. The summed E-state index contributed by atoms with van der Waals surface area (Å²) in [5.41, 5.74) is 0. The van der Waals surface area contributed by atoms with E-state index in [9.17, 15) is 4.55 Å². The smallest absolute Gasteiger partial charge is 0.144 e. The molecule has 0 aromatic rings. The number of hydrogen-bond acceptors (Lipinski definition) is 3. The third-order valence-corrected chi connectivity index (χ3v) is 4.23. The van der Waals surface area contributed by atoms with Crippen molar-refractivity contribution in [2.24, 2.45) is 22.2 Å². The van der Waals surface area contributed by atoms with Crippen LogP contribution < -0.4 is 0 Å². The standard InChI is InChI=1S/C10H17NO2S/c1-10(2,3)14(12)11-4-7-8-5-13-6-9(7)8/h4,7-9H,5-6H2,1-3H3/b11-4+/t7?,8-,9+,14?. The summed E-state index contributed by atoms with van der Waals surface area (Å²) >= 11 is -1.10. The molecular formula is C10H17NO2S. The fraction of sp³-hybridized carbons (Fsp3) is 0.900. The summed E-state index contributed by atoms with van der Waals surface area (Å²) in [6, 6.07) is 0. The number of fused-ring (bicyclic) bond motifs is 1. The Balaban J connectivity index is 1.84. The molecule has 2 aliphatic rings. The van der Waals surface area contributed by atoms with Gasteiger partial charge in [-0.05, 0) is 32.6 Å². The van der Waals surface area contributed by atoms with Gasteiger partial charge < -0.3 is 9.29 Å². The Bertz CT molecular complexity index is 239. The highest BCUT2D eigenvalue weighted by atomic mass is 32.2. The molecule has 14 heavy (non-hydrogen) atoms. The van der Waals surface area contributed by atoms with Gasteiger partial charge in [-0.2, -0.15) is 0 Å². The lowest BCUT2D eigenvalue weighted by Gasteiger charge is -2.17. The molecule has 2 fully saturated rings. The van der Waals surface area contributed by atoms with Gasteiger partial charge in [0.05, 0.1) is 19.4 Å². The molecule has 0 aromatic heterocycles. The Hall–Kier alpha value is -0.0600. The van der Waals surface area contributed by atoms with Gasteiger partial charge >= 0.3 is 0 Å². The average Bonchev–Trinajstić information content (AvgIpc) is 2.56. The van der Waals surface area contributed by atoms with Gasteiger partial charge in [0.1, 0.15) is 16.1 Å². The van der Waals surface area contributed by atoms with Crippen LogP contribution in [0, 0.1) is 17.8 Å². The molecule has 0 N–H and O–H groups in total. The van der Waals surface area contributed by atoms with Gasteiger partial charge in [0.15, 0.2) is 0 Å². The Morgan fingerprint density at radius 2 is 1.93 bits per heavy atom. The molecule has 80 valence electrons. The van der Waals surface area contributed by atoms with Crippen molar-refractivity contribution < 1.29 is 9.29 Å². The highest BCUT2D eigenvalue weighted by molar-refractivity contribution is 7.91. The molecule has 1 saturated heterocycles. The van der Waals surface area contributed by atoms with Crippen LogP contribution >= 0.6 is 0 Å². The highest BCUT2D eigenvalue weighted by Gasteiger charge is 2.53. The number of hydrogen-bond donors (Lipinski definition) is 0. The normalized spacial score (nSPS) is 38.7. The minimum atomic E-state index is -1.10. The van der Waals surface area contributed by atoms with E-state index in [1.807, 2.05) is 27.0 Å². The molecule has 4 heteroatoms. The molecule has 4 atom stereocenters. The first kappa shape index (κ1) is 10.5. The van der Waals surface area contributed by atoms with Gasteiger partial charge in [-0.1, -0.05) is 4.40 Å². The van der Waals surface area contributed by atoms with Crippen LogP contribution in [0.1, 0.15) is 20.8 Å². The summed E-state index contributed by atoms with van der Waals surface area (Å²) in [5.74, 6) is 1.86. The Labute approximate surface area is 88.3 Å². The highest BCUT2D eigenvalue weighted by Crippen LogP contribution is 2.49. The third kappa shape index (κ3) is 1.97. The first-order chi connectivity index (χ1) is 6.50. The molecule has 3 nitrogen and oxygen atoms in total. The maximum Gasteiger partial charge on any atom is 0.144 e. The lowest BCUT2D eigenvalue weighted by Crippen LogP contribution is -2.26. The van der Waals surface area contributed by atoms with E-state index in [1.165, 1.54) is 0 Å². The van der Waals surface area contributed by atoms with E-state index in [1.54, 1.807) is 0 Å². The summed E-state index contributed by atoms with van der Waals surface area (Å²) in [6.45, 7) is 7.55. The Kier molecular flexibility index (Phi) is 2.62. The first-order valence-electron chi connectivity index (χ1n) is 5.04. The lowest BCUT2D eigenvalue weighted by atomic mass is 10.3. The summed E-state index contributed by atoms with van der Waals surface area (Å²) < 4.78 is 20.8. The molecule has 1 aliphatic heterocycles. The lowest BCUT2D eigenvalue weighted by molar-refractivity contribution is 0.159. The van der Waals surface area contributed by atoms with E-state index in [-0.39, 0.29) is 4.75 Å². The minimum absolute atomic E-state index is 0.239. The molecule has 0 bridgehead atoms. The van der Waals surface area contributed by atoms with Crippen molar-refractivity contribution in [3.8, 4) is 0 Å². The Morgan fingerprint density at radius 3 is 2.43 bits per heavy atom. The molecule has 1 aliphatic carbocycles. The van der Waals surface area contributed by atoms with Gasteiger partial charge in [-0.15, -0.1) is 0 Å². The number of nitrogens with zero attached hydrogens (tertiary/aromatic N) is 1. The van der Waals surface area contributed by atoms with Crippen LogP contribution in [0.5, 0.6) is 0 Å². The molecule has 1 saturated carbocycles. The summed E-state index contributed by atoms with van der Waals surface area (Å²) in [6.07, 6.45) is 1.89. The molecular weight excluding hydrogens is 198 g/mol. The van der Waals surface area contributed by atoms with Crippen LogP contribution in [0.3, 0.4) is 0 Å². The van der Waals surface area contributed by atoms with Crippen LogP contribution in [0.2, 0.25) is 0 Å². The summed E-state index contributed by atoms with van der Waals surface area (Å²) in [4.78, 5) is 0. The van der Waals surface area contributed by atoms with Gasteiger partial charge in [0, 0.05) is 5.92 Å². The zero-order valence-corrected chi connectivity index (χ0v) is 9.71. The SMILES string of the molecule is CC(C)(C)[S+]([O-])/N=C/C1[C@H]2COC[C@@H]12. The van der Waals surface area contributed by atoms with Crippen LogP contribution in [-0.2, 0) is 16.1 Å². The van der Waals surface area contributed by atoms with Gasteiger partial charge in [0.2, 0.25) is 0 Å². The van der Waals surface area contributed by atoms with Crippen molar-refractivity contribution in [2.75, 3.05) is 13.2 Å². The van der Waals surface area contributed by atoms with Crippen molar-refractivity contribution in [1.29, 1.82) is 0 Å². The average molecular weight is 215 g/mol. The monoisotopic (exact) mass is 215 g/mol. The summed E-state index contributed by atoms with van der Waals surface area (Å²) in [5, 5.41) is 0. The second-order valence-electron chi connectivity index (χ2n) is 5.06. The number of ether oxygens (including phenoxy) is 1. The van der Waals surface area contributed by atoms with Crippen LogP contribution in [0.15, 0.2) is 4.40 Å².